The zero-order valence-electron chi connectivity index (χ0n) is 12.6. The van der Waals surface area contributed by atoms with Crippen LogP contribution in [0.3, 0.4) is 0 Å². The van der Waals surface area contributed by atoms with Gasteiger partial charge in [-0.3, -0.25) is 0 Å². The smallest absolute Gasteiger partial charge is 0.174 e. The predicted molar refractivity (Wildman–Crippen MR) is 83.6 cm³/mol. The van der Waals surface area contributed by atoms with E-state index in [1.54, 1.807) is 0 Å². The molecule has 0 amide bonds. The summed E-state index contributed by atoms with van der Waals surface area (Å²) in [5.41, 5.74) is 1.98. The molecule has 0 aliphatic heterocycles. The molecule has 0 aliphatic rings. The highest BCUT2D eigenvalue weighted by Gasteiger charge is 2.07. The molecule has 1 aromatic carbocycles. The van der Waals surface area contributed by atoms with Crippen LogP contribution in [0.5, 0.6) is 5.75 Å². The van der Waals surface area contributed by atoms with Crippen molar-refractivity contribution >= 4 is 11.6 Å². The Balaban J connectivity index is 1.86. The molecule has 2 rings (SSSR count). The van der Waals surface area contributed by atoms with Gasteiger partial charge >= 0.3 is 0 Å². The quantitative estimate of drug-likeness (QED) is 0.841. The molecule has 0 saturated heterocycles. The number of benzene rings is 1. The molecule has 2 aromatic rings. The zero-order chi connectivity index (χ0) is 15.2. The summed E-state index contributed by atoms with van der Waals surface area (Å²) in [6, 6.07) is 7.58. The van der Waals surface area contributed by atoms with Gasteiger partial charge in [0.2, 0.25) is 0 Å². The van der Waals surface area contributed by atoms with Crippen molar-refractivity contribution in [2.24, 2.45) is 5.92 Å². The number of nitrogens with zero attached hydrogens (tertiary/aromatic N) is 1. The highest BCUT2D eigenvalue weighted by molar-refractivity contribution is 6.32. The van der Waals surface area contributed by atoms with Gasteiger partial charge in [0.1, 0.15) is 12.4 Å². The topological polar surface area (TPSA) is 47.3 Å². The van der Waals surface area contributed by atoms with Gasteiger partial charge in [-0.15, -0.1) is 0 Å². The molecule has 1 heterocycles. The van der Waals surface area contributed by atoms with Crippen LogP contribution in [0.25, 0.3) is 0 Å². The van der Waals surface area contributed by atoms with Crippen LogP contribution < -0.4 is 10.1 Å². The molecule has 0 atom stereocenters. The van der Waals surface area contributed by atoms with E-state index in [2.05, 4.69) is 24.3 Å². The predicted octanol–water partition coefficient (Wildman–Crippen LogP) is 3.96. The first-order valence-corrected chi connectivity index (χ1v) is 7.46. The Morgan fingerprint density at radius 3 is 2.90 bits per heavy atom. The van der Waals surface area contributed by atoms with Gasteiger partial charge in [-0.05, 0) is 37.1 Å². The Hall–Kier alpha value is -1.52. The van der Waals surface area contributed by atoms with E-state index in [0.717, 1.165) is 17.8 Å². The van der Waals surface area contributed by atoms with Gasteiger partial charge < -0.3 is 14.6 Å². The summed E-state index contributed by atoms with van der Waals surface area (Å²) in [5, 5.41) is 7.93. The fourth-order valence-electron chi connectivity index (χ4n) is 1.87. The van der Waals surface area contributed by atoms with E-state index in [1.165, 1.54) is 0 Å². The number of ether oxygens (including phenoxy) is 1. The van der Waals surface area contributed by atoms with Gasteiger partial charge in [-0.25, -0.2) is 0 Å². The Kier molecular flexibility index (Phi) is 5.65. The van der Waals surface area contributed by atoms with Crippen LogP contribution in [0.15, 0.2) is 28.8 Å². The second kappa shape index (κ2) is 7.48. The van der Waals surface area contributed by atoms with E-state index < -0.39 is 0 Å². The van der Waals surface area contributed by atoms with E-state index in [1.807, 2.05) is 31.2 Å². The molecule has 0 saturated carbocycles. The zero-order valence-corrected chi connectivity index (χ0v) is 13.4. The van der Waals surface area contributed by atoms with E-state index >= 15 is 0 Å². The minimum absolute atomic E-state index is 0.320. The highest BCUT2D eigenvalue weighted by Crippen LogP contribution is 2.26. The summed E-state index contributed by atoms with van der Waals surface area (Å²) in [6.45, 7) is 8.31. The highest BCUT2D eigenvalue weighted by atomic mass is 35.5. The van der Waals surface area contributed by atoms with E-state index in [-0.39, 0.29) is 0 Å². The van der Waals surface area contributed by atoms with Gasteiger partial charge in [-0.2, -0.15) is 0 Å². The van der Waals surface area contributed by atoms with Gasteiger partial charge in [0.05, 0.1) is 10.7 Å². The molecule has 114 valence electrons. The maximum atomic E-state index is 6.08. The first-order chi connectivity index (χ1) is 10.0. The van der Waals surface area contributed by atoms with Crippen LogP contribution in [-0.2, 0) is 13.2 Å². The Bertz CT molecular complexity index is 581. The average molecular weight is 309 g/mol. The summed E-state index contributed by atoms with van der Waals surface area (Å²) >= 11 is 6.08. The van der Waals surface area contributed by atoms with Gasteiger partial charge in [0.15, 0.2) is 5.76 Å². The molecule has 0 radical (unpaired) electrons. The lowest BCUT2D eigenvalue weighted by Gasteiger charge is -2.06. The van der Waals surface area contributed by atoms with E-state index in [4.69, 9.17) is 20.9 Å². The van der Waals surface area contributed by atoms with Crippen LogP contribution in [0.4, 0.5) is 0 Å². The lowest BCUT2D eigenvalue weighted by Crippen LogP contribution is -2.19. The van der Waals surface area contributed by atoms with Crippen molar-refractivity contribution in [1.29, 1.82) is 0 Å². The number of halogens is 1. The first-order valence-electron chi connectivity index (χ1n) is 7.08. The first kappa shape index (κ1) is 15.9. The Labute approximate surface area is 130 Å². The van der Waals surface area contributed by atoms with Crippen molar-refractivity contribution in [1.82, 2.24) is 10.5 Å². The molecule has 5 heteroatoms. The minimum Gasteiger partial charge on any atom is -0.484 e. The molecule has 21 heavy (non-hydrogen) atoms. The van der Waals surface area contributed by atoms with Crippen molar-refractivity contribution in [3.63, 3.8) is 0 Å². The maximum absolute atomic E-state index is 6.08. The maximum Gasteiger partial charge on any atom is 0.174 e. The molecule has 4 nitrogen and oxygen atoms in total. The van der Waals surface area contributed by atoms with Crippen molar-refractivity contribution in [2.45, 2.75) is 33.9 Å². The second-order valence-electron chi connectivity index (χ2n) is 5.53. The molecule has 0 unspecified atom stereocenters. The summed E-state index contributed by atoms with van der Waals surface area (Å²) in [6.07, 6.45) is 0. The van der Waals surface area contributed by atoms with Crippen molar-refractivity contribution in [2.75, 3.05) is 6.54 Å². The van der Waals surface area contributed by atoms with Gasteiger partial charge in [0.25, 0.3) is 0 Å². The van der Waals surface area contributed by atoms with Gasteiger partial charge in [0, 0.05) is 12.6 Å². The molecule has 0 spiro atoms. The monoisotopic (exact) mass is 308 g/mol. The molecule has 1 aromatic heterocycles. The Morgan fingerprint density at radius 2 is 2.14 bits per heavy atom. The summed E-state index contributed by atoms with van der Waals surface area (Å²) in [7, 11) is 0. The third-order valence-electron chi connectivity index (χ3n) is 2.92. The fraction of sp³-hybridized carbons (Fsp3) is 0.438. The molecule has 0 bridgehead atoms. The average Bonchev–Trinajstić information content (AvgIpc) is 2.87. The molecule has 0 fully saturated rings. The van der Waals surface area contributed by atoms with Crippen molar-refractivity contribution in [3.8, 4) is 5.75 Å². The number of hydrogen-bond donors (Lipinski definition) is 1. The third-order valence-corrected chi connectivity index (χ3v) is 3.24. The molecular formula is C16H21ClN2O2. The fourth-order valence-corrected chi connectivity index (χ4v) is 2.04. The van der Waals surface area contributed by atoms with Gasteiger partial charge in [-0.1, -0.05) is 36.7 Å². The van der Waals surface area contributed by atoms with E-state index in [9.17, 15) is 0 Å². The minimum atomic E-state index is 0.320. The van der Waals surface area contributed by atoms with Crippen LogP contribution >= 0.6 is 11.6 Å². The van der Waals surface area contributed by atoms with E-state index in [0.29, 0.717) is 35.6 Å². The van der Waals surface area contributed by atoms with Crippen LogP contribution in [0.1, 0.15) is 30.9 Å². The summed E-state index contributed by atoms with van der Waals surface area (Å²) in [4.78, 5) is 0. The Morgan fingerprint density at radius 1 is 1.33 bits per heavy atom. The number of aryl methyl sites for hydroxylation is 1. The summed E-state index contributed by atoms with van der Waals surface area (Å²) in [5.74, 6) is 1.96. The van der Waals surface area contributed by atoms with Crippen molar-refractivity contribution < 1.29 is 9.26 Å². The van der Waals surface area contributed by atoms with Crippen LogP contribution in [-0.4, -0.2) is 11.7 Å². The summed E-state index contributed by atoms with van der Waals surface area (Å²) < 4.78 is 10.9. The third kappa shape index (κ3) is 5.06. The largest absolute Gasteiger partial charge is 0.484 e. The number of rotatable bonds is 7. The lowest BCUT2D eigenvalue weighted by molar-refractivity contribution is 0.248. The number of aromatic nitrogens is 1. The normalized spacial score (nSPS) is 11.1. The van der Waals surface area contributed by atoms with Crippen LogP contribution in [0.2, 0.25) is 5.02 Å². The number of hydrogen-bond acceptors (Lipinski definition) is 4. The molecule has 0 aliphatic carbocycles. The standard InChI is InChI=1S/C16H21ClN2O2/c1-11(2)8-18-9-13-7-14(21-19-13)10-20-16-6-12(3)4-5-15(16)17/h4-7,11,18H,8-10H2,1-3H3. The SMILES string of the molecule is Cc1ccc(Cl)c(OCc2cc(CNCC(C)C)no2)c1. The lowest BCUT2D eigenvalue weighted by atomic mass is 10.2. The van der Waals surface area contributed by atoms with Crippen LogP contribution in [0, 0.1) is 12.8 Å². The molecular weight excluding hydrogens is 288 g/mol. The second-order valence-corrected chi connectivity index (χ2v) is 5.94. The number of nitrogens with one attached hydrogen (secondary N) is 1. The van der Waals surface area contributed by atoms with Crippen molar-refractivity contribution in [3.05, 3.63) is 46.3 Å². The molecule has 1 N–H and O–H groups in total.